The van der Waals surface area contributed by atoms with Gasteiger partial charge in [0.25, 0.3) is 5.69 Å². The van der Waals surface area contributed by atoms with Gasteiger partial charge in [-0.1, -0.05) is 32.3 Å². The molecule has 0 spiro atoms. The number of hydrogen-bond donors (Lipinski definition) is 0. The topological polar surface area (TPSA) is 80.5 Å². The average Bonchev–Trinajstić information content (AvgIpc) is 2.53. The molecule has 0 heterocycles. The van der Waals surface area contributed by atoms with E-state index in [0.29, 0.717) is 6.54 Å². The Morgan fingerprint density at radius 1 is 1.29 bits per heavy atom. The molecule has 1 aliphatic carbocycles. The lowest BCUT2D eigenvalue weighted by molar-refractivity contribution is -0.385. The molecule has 0 amide bonds. The van der Waals surface area contributed by atoms with E-state index in [1.54, 1.807) is 16.4 Å². The van der Waals surface area contributed by atoms with Crippen LogP contribution in [-0.4, -0.2) is 30.4 Å². The van der Waals surface area contributed by atoms with Gasteiger partial charge in [-0.15, -0.1) is 0 Å². The summed E-state index contributed by atoms with van der Waals surface area (Å²) in [6, 6.07) is 4.55. The van der Waals surface area contributed by atoms with Crippen LogP contribution < -0.4 is 0 Å². The molecule has 1 atom stereocenters. The van der Waals surface area contributed by atoms with E-state index in [0.717, 1.165) is 56.1 Å². The minimum absolute atomic E-state index is 0.0279. The first kappa shape index (κ1) is 18.9. The van der Waals surface area contributed by atoms with Crippen LogP contribution in [-0.2, 0) is 16.4 Å². The highest BCUT2D eigenvalue weighted by Crippen LogP contribution is 2.37. The molecule has 0 radical (unpaired) electrons. The van der Waals surface area contributed by atoms with E-state index in [1.807, 2.05) is 0 Å². The maximum atomic E-state index is 12.3. The Labute approximate surface area is 144 Å². The van der Waals surface area contributed by atoms with E-state index in [2.05, 4.69) is 6.92 Å². The molecular formula is C17H26N2O4S. The van der Waals surface area contributed by atoms with E-state index >= 15 is 0 Å². The smallest absolute Gasteiger partial charge is 0.258 e. The monoisotopic (exact) mass is 354 g/mol. The van der Waals surface area contributed by atoms with Crippen LogP contribution in [0, 0.1) is 10.1 Å². The Kier molecular flexibility index (Phi) is 6.34. The summed E-state index contributed by atoms with van der Waals surface area (Å²) in [5.41, 5.74) is 1.86. The normalized spacial score (nSPS) is 17.7. The van der Waals surface area contributed by atoms with Crippen molar-refractivity contribution >= 4 is 15.7 Å². The number of nitro groups is 1. The minimum Gasteiger partial charge on any atom is -0.258 e. The number of sulfonamides is 1. The summed E-state index contributed by atoms with van der Waals surface area (Å²) in [5.74, 6) is 0. The van der Waals surface area contributed by atoms with Crippen LogP contribution in [0.15, 0.2) is 18.2 Å². The van der Waals surface area contributed by atoms with Crippen molar-refractivity contribution in [2.75, 3.05) is 12.8 Å². The second-order valence-electron chi connectivity index (χ2n) is 6.48. The van der Waals surface area contributed by atoms with Crippen molar-refractivity contribution in [3.05, 3.63) is 39.4 Å². The summed E-state index contributed by atoms with van der Waals surface area (Å²) in [6.45, 7) is 2.59. The van der Waals surface area contributed by atoms with Gasteiger partial charge in [-0.2, -0.15) is 4.31 Å². The minimum atomic E-state index is -3.36. The largest absolute Gasteiger partial charge is 0.269 e. The zero-order valence-electron chi connectivity index (χ0n) is 14.4. The molecule has 0 fully saturated rings. The number of aryl methyl sites for hydroxylation is 1. The molecule has 1 aromatic carbocycles. The highest BCUT2D eigenvalue weighted by Gasteiger charge is 2.32. The molecule has 2 rings (SSSR count). The molecule has 0 N–H and O–H groups in total. The number of rotatable bonds is 8. The van der Waals surface area contributed by atoms with Crippen molar-refractivity contribution < 1.29 is 13.3 Å². The van der Waals surface area contributed by atoms with Gasteiger partial charge in [0.15, 0.2) is 0 Å². The Hall–Kier alpha value is -1.47. The van der Waals surface area contributed by atoms with E-state index < -0.39 is 14.9 Å². The molecule has 1 aliphatic rings. The Morgan fingerprint density at radius 2 is 2.04 bits per heavy atom. The van der Waals surface area contributed by atoms with Crippen LogP contribution in [0.3, 0.4) is 0 Å². The molecule has 0 saturated carbocycles. The Balaban J connectivity index is 2.31. The summed E-state index contributed by atoms with van der Waals surface area (Å²) in [7, 11) is -3.36. The first-order valence-electron chi connectivity index (χ1n) is 8.58. The van der Waals surface area contributed by atoms with Crippen molar-refractivity contribution in [2.24, 2.45) is 0 Å². The SMILES string of the molecule is CCCCCCN(C1CCCc2ccc([N+](=O)[O-])cc21)S(C)(=O)=O. The van der Waals surface area contributed by atoms with Gasteiger partial charge in [0, 0.05) is 18.7 Å². The first-order chi connectivity index (χ1) is 11.3. The van der Waals surface area contributed by atoms with Crippen molar-refractivity contribution in [1.82, 2.24) is 4.31 Å². The van der Waals surface area contributed by atoms with E-state index in [-0.39, 0.29) is 11.7 Å². The number of unbranched alkanes of at least 4 members (excludes halogenated alkanes) is 3. The number of fused-ring (bicyclic) bond motifs is 1. The fourth-order valence-electron chi connectivity index (χ4n) is 3.42. The van der Waals surface area contributed by atoms with Gasteiger partial charge in [-0.3, -0.25) is 10.1 Å². The molecule has 1 aromatic rings. The Bertz CT molecular complexity index is 688. The van der Waals surface area contributed by atoms with Crippen LogP contribution in [0.25, 0.3) is 0 Å². The molecule has 0 saturated heterocycles. The molecule has 7 heteroatoms. The van der Waals surface area contributed by atoms with Crippen molar-refractivity contribution in [3.63, 3.8) is 0 Å². The maximum absolute atomic E-state index is 12.3. The predicted octanol–water partition coefficient (Wildman–Crippen LogP) is 3.81. The maximum Gasteiger partial charge on any atom is 0.269 e. The third-order valence-electron chi connectivity index (χ3n) is 4.63. The standard InChI is InChI=1S/C17H26N2O4S/c1-3-4-5-6-12-18(24(2,22)23)17-9-7-8-14-10-11-15(19(20)21)13-16(14)17/h10-11,13,17H,3-9,12H2,1-2H3. The van der Waals surface area contributed by atoms with E-state index in [9.17, 15) is 18.5 Å². The van der Waals surface area contributed by atoms with E-state index in [1.165, 1.54) is 12.3 Å². The fourth-order valence-corrected chi connectivity index (χ4v) is 4.56. The quantitative estimate of drug-likeness (QED) is 0.404. The highest BCUT2D eigenvalue weighted by molar-refractivity contribution is 7.88. The van der Waals surface area contributed by atoms with Crippen molar-refractivity contribution in [2.45, 2.75) is 57.9 Å². The van der Waals surface area contributed by atoms with E-state index in [4.69, 9.17) is 0 Å². The number of benzene rings is 1. The average molecular weight is 354 g/mol. The fraction of sp³-hybridized carbons (Fsp3) is 0.647. The summed E-state index contributed by atoms with van der Waals surface area (Å²) in [6.07, 6.45) is 7.70. The highest BCUT2D eigenvalue weighted by atomic mass is 32.2. The van der Waals surface area contributed by atoms with Crippen LogP contribution in [0.4, 0.5) is 5.69 Å². The summed E-state index contributed by atoms with van der Waals surface area (Å²) in [5, 5.41) is 11.1. The lowest BCUT2D eigenvalue weighted by Crippen LogP contribution is -2.36. The summed E-state index contributed by atoms with van der Waals surface area (Å²) >= 11 is 0. The zero-order chi connectivity index (χ0) is 17.7. The second-order valence-corrected chi connectivity index (χ2v) is 8.42. The second kappa shape index (κ2) is 8.07. The predicted molar refractivity (Wildman–Crippen MR) is 94.5 cm³/mol. The summed E-state index contributed by atoms with van der Waals surface area (Å²) < 4.78 is 26.2. The number of hydrogen-bond acceptors (Lipinski definition) is 4. The number of non-ortho nitro benzene ring substituents is 1. The lowest BCUT2D eigenvalue weighted by atomic mass is 9.87. The third-order valence-corrected chi connectivity index (χ3v) is 5.92. The van der Waals surface area contributed by atoms with Crippen molar-refractivity contribution in [1.29, 1.82) is 0 Å². The molecule has 1 unspecified atom stereocenters. The molecule has 0 aliphatic heterocycles. The molecule has 134 valence electrons. The first-order valence-corrected chi connectivity index (χ1v) is 10.4. The van der Waals surface area contributed by atoms with Crippen LogP contribution in [0.1, 0.15) is 62.6 Å². The molecule has 24 heavy (non-hydrogen) atoms. The van der Waals surface area contributed by atoms with Gasteiger partial charge in [0.1, 0.15) is 0 Å². The molecule has 0 aromatic heterocycles. The van der Waals surface area contributed by atoms with Gasteiger partial charge < -0.3 is 0 Å². The van der Waals surface area contributed by atoms with Crippen LogP contribution in [0.5, 0.6) is 0 Å². The van der Waals surface area contributed by atoms with Crippen molar-refractivity contribution in [3.8, 4) is 0 Å². The third kappa shape index (κ3) is 4.54. The molecule has 0 bridgehead atoms. The lowest BCUT2D eigenvalue weighted by Gasteiger charge is -2.34. The molecule has 6 nitrogen and oxygen atoms in total. The molecular weight excluding hydrogens is 328 g/mol. The number of nitro benzene ring substituents is 1. The van der Waals surface area contributed by atoms with Gasteiger partial charge in [0.05, 0.1) is 17.2 Å². The zero-order valence-corrected chi connectivity index (χ0v) is 15.2. The van der Waals surface area contributed by atoms with Crippen LogP contribution in [0.2, 0.25) is 0 Å². The van der Waals surface area contributed by atoms with Gasteiger partial charge in [0.2, 0.25) is 10.0 Å². The van der Waals surface area contributed by atoms with Gasteiger partial charge >= 0.3 is 0 Å². The summed E-state index contributed by atoms with van der Waals surface area (Å²) in [4.78, 5) is 10.7. The number of nitrogens with zero attached hydrogens (tertiary/aromatic N) is 2. The van der Waals surface area contributed by atoms with Crippen LogP contribution >= 0.6 is 0 Å². The van der Waals surface area contributed by atoms with Gasteiger partial charge in [-0.25, -0.2) is 8.42 Å². The van der Waals surface area contributed by atoms with Gasteiger partial charge in [-0.05, 0) is 36.8 Å². The Morgan fingerprint density at radius 3 is 2.67 bits per heavy atom.